The third-order valence-corrected chi connectivity index (χ3v) is 3.87. The highest BCUT2D eigenvalue weighted by molar-refractivity contribution is 5.87. The maximum absolute atomic E-state index is 9.91. The number of hydrogen-bond donors (Lipinski definition) is 3. The smallest absolute Gasteiger partial charge is 0.232 e. The number of aromatic hydroxyl groups is 1. The average Bonchev–Trinajstić information content (AvgIpc) is 2.64. The molecule has 7 nitrogen and oxygen atoms in total. The first-order valence-corrected chi connectivity index (χ1v) is 8.22. The lowest BCUT2D eigenvalue weighted by molar-refractivity contribution is 0.467. The van der Waals surface area contributed by atoms with Crippen LogP contribution in [-0.4, -0.2) is 20.1 Å². The molecule has 3 rings (SSSR count). The Morgan fingerprint density at radius 1 is 1.11 bits per heavy atom. The van der Waals surface area contributed by atoms with Crippen LogP contribution >= 0.6 is 0 Å². The third-order valence-electron chi connectivity index (χ3n) is 3.87. The molecule has 1 heterocycles. The highest BCUT2D eigenvalue weighted by atomic mass is 16.3. The van der Waals surface area contributed by atoms with E-state index >= 15 is 0 Å². The molecular weight excluding hydrogens is 340 g/mol. The zero-order valence-corrected chi connectivity index (χ0v) is 14.9. The van der Waals surface area contributed by atoms with Crippen LogP contribution in [0.4, 0.5) is 17.6 Å². The van der Waals surface area contributed by atoms with Gasteiger partial charge in [0, 0.05) is 5.69 Å². The monoisotopic (exact) mass is 358 g/mol. The summed E-state index contributed by atoms with van der Waals surface area (Å²) in [6.45, 7) is 3.60. The molecule has 0 unspecified atom stereocenters. The van der Waals surface area contributed by atoms with Crippen molar-refractivity contribution in [1.29, 1.82) is 5.26 Å². The Bertz CT molecular complexity index is 1030. The van der Waals surface area contributed by atoms with E-state index in [4.69, 9.17) is 5.73 Å². The summed E-state index contributed by atoms with van der Waals surface area (Å²) in [6, 6.07) is 15.1. The molecule has 0 spiro atoms. The van der Waals surface area contributed by atoms with Crippen LogP contribution < -0.4 is 11.1 Å². The largest absolute Gasteiger partial charge is 0.507 e. The van der Waals surface area contributed by atoms with Gasteiger partial charge in [-0.3, -0.25) is 0 Å². The molecule has 2 aromatic carbocycles. The maximum Gasteiger partial charge on any atom is 0.232 e. The number of nitrogen functional groups attached to an aromatic ring is 1. The van der Waals surface area contributed by atoms with E-state index in [9.17, 15) is 10.4 Å². The van der Waals surface area contributed by atoms with Crippen LogP contribution in [0.15, 0.2) is 42.5 Å². The highest BCUT2D eigenvalue weighted by Gasteiger charge is 2.11. The van der Waals surface area contributed by atoms with E-state index in [0.717, 1.165) is 22.4 Å². The molecule has 0 atom stereocenters. The fourth-order valence-corrected chi connectivity index (χ4v) is 2.61. The van der Waals surface area contributed by atoms with Gasteiger partial charge in [-0.15, -0.1) is 0 Å². The van der Waals surface area contributed by atoms with Gasteiger partial charge in [0.25, 0.3) is 0 Å². The number of benzene rings is 2. The van der Waals surface area contributed by atoms with Gasteiger partial charge in [-0.1, -0.05) is 18.2 Å². The van der Waals surface area contributed by atoms with E-state index < -0.39 is 0 Å². The number of para-hydroxylation sites is 1. The van der Waals surface area contributed by atoms with E-state index in [-0.39, 0.29) is 29.0 Å². The van der Waals surface area contributed by atoms with Crippen molar-refractivity contribution in [3.05, 3.63) is 65.0 Å². The minimum absolute atomic E-state index is 0.0117. The number of phenolic OH excluding ortho intramolecular Hbond substituents is 1. The highest BCUT2D eigenvalue weighted by Crippen LogP contribution is 2.25. The number of hydrogen-bond acceptors (Lipinski definition) is 7. The molecule has 3 aromatic rings. The lowest BCUT2D eigenvalue weighted by Gasteiger charge is -2.08. The number of nitrogens with zero attached hydrogens (tertiary/aromatic N) is 4. The number of phenols is 1. The number of nitriles is 1. The normalized spacial score (nSPS) is 11.1. The van der Waals surface area contributed by atoms with Crippen molar-refractivity contribution in [3.8, 4) is 11.8 Å². The number of aryl methyl sites for hydroxylation is 2. The van der Waals surface area contributed by atoms with Crippen molar-refractivity contribution in [2.75, 3.05) is 11.1 Å². The molecule has 0 radical (unpaired) electrons. The number of aromatic nitrogens is 3. The molecule has 0 aliphatic heterocycles. The fraction of sp³-hybridized carbons (Fsp3) is 0.100. The number of anilines is 3. The number of nitrogens with one attached hydrogen (secondary N) is 1. The molecule has 7 heteroatoms. The molecular formula is C20H18N6O. The van der Waals surface area contributed by atoms with E-state index in [0.29, 0.717) is 0 Å². The summed E-state index contributed by atoms with van der Waals surface area (Å²) in [5.74, 6) is 0.678. The fourth-order valence-electron chi connectivity index (χ4n) is 2.61. The lowest BCUT2D eigenvalue weighted by Crippen LogP contribution is -2.06. The summed E-state index contributed by atoms with van der Waals surface area (Å²) in [4.78, 5) is 12.5. The minimum atomic E-state index is 0.0117. The second kappa shape index (κ2) is 7.54. The molecule has 4 N–H and O–H groups in total. The van der Waals surface area contributed by atoms with Gasteiger partial charge < -0.3 is 16.2 Å². The van der Waals surface area contributed by atoms with Crippen LogP contribution in [0, 0.1) is 25.2 Å². The summed E-state index contributed by atoms with van der Waals surface area (Å²) in [6.07, 6.45) is 1.65. The van der Waals surface area contributed by atoms with Crippen LogP contribution in [0.25, 0.3) is 11.6 Å². The zero-order valence-electron chi connectivity index (χ0n) is 14.9. The standard InChI is InChI=1S/C20H18N6O/c1-12-8-14(9-13(2)17(12)27)10-15(11-21)18-24-19(22)26-20(25-18)23-16-6-4-3-5-7-16/h3-10,27H,1-2H3,(H3,22,23,24,25,26)/b15-10+. The van der Waals surface area contributed by atoms with E-state index in [1.165, 1.54) is 0 Å². The van der Waals surface area contributed by atoms with E-state index in [1.807, 2.05) is 30.3 Å². The van der Waals surface area contributed by atoms with Gasteiger partial charge in [0.05, 0.1) is 5.57 Å². The first-order valence-electron chi connectivity index (χ1n) is 8.22. The summed E-state index contributed by atoms with van der Waals surface area (Å²) in [7, 11) is 0. The first-order chi connectivity index (χ1) is 13.0. The Balaban J connectivity index is 1.99. The molecule has 0 aliphatic rings. The van der Waals surface area contributed by atoms with Crippen molar-refractivity contribution >= 4 is 29.2 Å². The Morgan fingerprint density at radius 3 is 2.41 bits per heavy atom. The topological polar surface area (TPSA) is 121 Å². The average molecular weight is 358 g/mol. The molecule has 27 heavy (non-hydrogen) atoms. The SMILES string of the molecule is Cc1cc(/C=C(\C#N)c2nc(N)nc(Nc3ccccc3)n2)cc(C)c1O. The minimum Gasteiger partial charge on any atom is -0.507 e. The van der Waals surface area contributed by atoms with Gasteiger partial charge in [0.1, 0.15) is 11.8 Å². The van der Waals surface area contributed by atoms with Gasteiger partial charge in [-0.05, 0) is 60.9 Å². The van der Waals surface area contributed by atoms with Crippen LogP contribution in [0.3, 0.4) is 0 Å². The molecule has 0 aliphatic carbocycles. The van der Waals surface area contributed by atoms with Crippen molar-refractivity contribution in [2.45, 2.75) is 13.8 Å². The molecule has 0 saturated carbocycles. The zero-order chi connectivity index (χ0) is 19.4. The molecule has 0 fully saturated rings. The molecule has 134 valence electrons. The third kappa shape index (κ3) is 4.19. The second-order valence-corrected chi connectivity index (χ2v) is 6.00. The van der Waals surface area contributed by atoms with Gasteiger partial charge in [0.15, 0.2) is 5.82 Å². The van der Waals surface area contributed by atoms with Crippen LogP contribution in [-0.2, 0) is 0 Å². The second-order valence-electron chi connectivity index (χ2n) is 6.00. The van der Waals surface area contributed by atoms with Gasteiger partial charge in [0.2, 0.25) is 11.9 Å². The lowest BCUT2D eigenvalue weighted by atomic mass is 10.0. The summed E-state index contributed by atoms with van der Waals surface area (Å²) < 4.78 is 0. The van der Waals surface area contributed by atoms with Crippen molar-refractivity contribution < 1.29 is 5.11 Å². The van der Waals surface area contributed by atoms with Crippen LogP contribution in [0.2, 0.25) is 0 Å². The van der Waals surface area contributed by atoms with E-state index in [2.05, 4.69) is 26.3 Å². The van der Waals surface area contributed by atoms with Crippen LogP contribution in [0.5, 0.6) is 5.75 Å². The summed E-state index contributed by atoms with van der Waals surface area (Å²) in [5.41, 5.74) is 9.03. The number of rotatable bonds is 4. The van der Waals surface area contributed by atoms with Crippen molar-refractivity contribution in [1.82, 2.24) is 15.0 Å². The van der Waals surface area contributed by atoms with Crippen LogP contribution in [0.1, 0.15) is 22.5 Å². The van der Waals surface area contributed by atoms with Gasteiger partial charge in [-0.2, -0.15) is 20.2 Å². The van der Waals surface area contributed by atoms with Gasteiger partial charge >= 0.3 is 0 Å². The van der Waals surface area contributed by atoms with Crippen molar-refractivity contribution in [3.63, 3.8) is 0 Å². The van der Waals surface area contributed by atoms with Crippen molar-refractivity contribution in [2.24, 2.45) is 0 Å². The Morgan fingerprint density at radius 2 is 1.78 bits per heavy atom. The molecule has 0 amide bonds. The quantitative estimate of drug-likeness (QED) is 0.609. The number of nitrogens with two attached hydrogens (primary N) is 1. The Hall–Kier alpha value is -3.92. The Labute approximate surface area is 156 Å². The summed E-state index contributed by atoms with van der Waals surface area (Å²) in [5, 5.41) is 22.5. The molecule has 0 saturated heterocycles. The first kappa shape index (κ1) is 17.9. The number of allylic oxidation sites excluding steroid dienone is 1. The van der Waals surface area contributed by atoms with E-state index in [1.54, 1.807) is 32.1 Å². The summed E-state index contributed by atoms with van der Waals surface area (Å²) >= 11 is 0. The predicted molar refractivity (Wildman–Crippen MR) is 105 cm³/mol. The predicted octanol–water partition coefficient (Wildman–Crippen LogP) is 3.58. The maximum atomic E-state index is 9.91. The molecule has 0 bridgehead atoms. The van der Waals surface area contributed by atoms with Gasteiger partial charge in [-0.25, -0.2) is 0 Å². The molecule has 1 aromatic heterocycles. The Kier molecular flexibility index (Phi) is 4.99.